The number of rotatable bonds is 5. The predicted molar refractivity (Wildman–Crippen MR) is 61.5 cm³/mol. The van der Waals surface area contributed by atoms with Crippen LogP contribution in [0.25, 0.3) is 0 Å². The molecule has 88 valence electrons. The Balaban J connectivity index is 2.80. The molecular weight excluding hydrogens is 206 g/mol. The number of carbonyl (C=O) groups is 1. The molecule has 4 heteroatoms. The maximum Gasteiger partial charge on any atom is 0.337 e. The molecule has 4 nitrogen and oxygen atoms in total. The first-order chi connectivity index (χ1) is 7.72. The third-order valence-electron chi connectivity index (χ3n) is 2.42. The maximum absolute atomic E-state index is 11.2. The third-order valence-corrected chi connectivity index (χ3v) is 2.42. The van der Waals surface area contributed by atoms with Crippen molar-refractivity contribution in [3.05, 3.63) is 35.4 Å². The lowest BCUT2D eigenvalue weighted by molar-refractivity contribution is 0.0600. The zero-order valence-corrected chi connectivity index (χ0v) is 9.82. The number of esters is 1. The van der Waals surface area contributed by atoms with Gasteiger partial charge in [0.05, 0.1) is 25.3 Å². The number of likely N-dealkylation sites (N-methyl/N-ethyl adjacent to an activating group) is 1. The molecule has 0 aliphatic carbocycles. The zero-order chi connectivity index (χ0) is 12.0. The largest absolute Gasteiger partial charge is 0.465 e. The van der Waals surface area contributed by atoms with Gasteiger partial charge in [0.2, 0.25) is 0 Å². The molecule has 1 N–H and O–H groups in total. The van der Waals surface area contributed by atoms with Gasteiger partial charge in [0.1, 0.15) is 0 Å². The Hall–Kier alpha value is -1.39. The minimum atomic E-state index is -0.320. The Morgan fingerprint density at radius 1 is 1.31 bits per heavy atom. The van der Waals surface area contributed by atoms with E-state index in [1.165, 1.54) is 7.11 Å². The van der Waals surface area contributed by atoms with Crippen LogP contribution in [0.4, 0.5) is 0 Å². The Labute approximate surface area is 95.6 Å². The second kappa shape index (κ2) is 6.25. The summed E-state index contributed by atoms with van der Waals surface area (Å²) in [6, 6.07) is 7.43. The second-order valence-corrected chi connectivity index (χ2v) is 3.41. The summed E-state index contributed by atoms with van der Waals surface area (Å²) in [6.07, 6.45) is 0. The van der Waals surface area contributed by atoms with Gasteiger partial charge in [-0.3, -0.25) is 0 Å². The van der Waals surface area contributed by atoms with Gasteiger partial charge in [0.15, 0.2) is 0 Å². The molecule has 0 fully saturated rings. The van der Waals surface area contributed by atoms with Gasteiger partial charge in [-0.05, 0) is 24.7 Å². The first-order valence-electron chi connectivity index (χ1n) is 5.07. The van der Waals surface area contributed by atoms with Crippen molar-refractivity contribution in [2.45, 2.75) is 6.04 Å². The molecule has 1 aromatic rings. The summed E-state index contributed by atoms with van der Waals surface area (Å²) in [5, 5.41) is 3.14. The van der Waals surface area contributed by atoms with Crippen LogP contribution in [0.3, 0.4) is 0 Å². The van der Waals surface area contributed by atoms with Crippen LogP contribution in [0.15, 0.2) is 24.3 Å². The fraction of sp³-hybridized carbons (Fsp3) is 0.417. The van der Waals surface area contributed by atoms with E-state index in [0.29, 0.717) is 12.2 Å². The SMILES string of the molecule is CNC(COC)c1ccc(C(=O)OC)cc1. The lowest BCUT2D eigenvalue weighted by Gasteiger charge is -2.15. The number of ether oxygens (including phenoxy) is 2. The minimum absolute atomic E-state index is 0.136. The van der Waals surface area contributed by atoms with Crippen molar-refractivity contribution in [2.75, 3.05) is 27.9 Å². The number of hydrogen-bond acceptors (Lipinski definition) is 4. The molecule has 0 heterocycles. The second-order valence-electron chi connectivity index (χ2n) is 3.41. The molecule has 16 heavy (non-hydrogen) atoms. The fourth-order valence-electron chi connectivity index (χ4n) is 1.48. The van der Waals surface area contributed by atoms with Crippen molar-refractivity contribution in [3.63, 3.8) is 0 Å². The molecule has 1 atom stereocenters. The van der Waals surface area contributed by atoms with E-state index in [4.69, 9.17) is 4.74 Å². The van der Waals surface area contributed by atoms with Crippen LogP contribution in [0.1, 0.15) is 22.0 Å². The van der Waals surface area contributed by atoms with Crippen LogP contribution in [0.5, 0.6) is 0 Å². The van der Waals surface area contributed by atoms with Gasteiger partial charge < -0.3 is 14.8 Å². The summed E-state index contributed by atoms with van der Waals surface area (Å²) < 4.78 is 9.73. The van der Waals surface area contributed by atoms with Crippen molar-refractivity contribution in [3.8, 4) is 0 Å². The summed E-state index contributed by atoms with van der Waals surface area (Å²) in [5.41, 5.74) is 1.63. The van der Waals surface area contributed by atoms with Crippen molar-refractivity contribution < 1.29 is 14.3 Å². The van der Waals surface area contributed by atoms with Crippen LogP contribution in [-0.4, -0.2) is 33.8 Å². The van der Waals surface area contributed by atoms with Crippen molar-refractivity contribution in [1.82, 2.24) is 5.32 Å². The molecule has 1 unspecified atom stereocenters. The summed E-state index contributed by atoms with van der Waals surface area (Å²) in [6.45, 7) is 0.591. The van der Waals surface area contributed by atoms with E-state index in [1.54, 1.807) is 19.2 Å². The van der Waals surface area contributed by atoms with E-state index in [2.05, 4.69) is 10.1 Å². The van der Waals surface area contributed by atoms with E-state index >= 15 is 0 Å². The quantitative estimate of drug-likeness (QED) is 0.766. The lowest BCUT2D eigenvalue weighted by atomic mass is 10.1. The molecule has 1 rings (SSSR count). The zero-order valence-electron chi connectivity index (χ0n) is 9.82. The molecule has 0 aromatic heterocycles. The Kier molecular flexibility index (Phi) is 4.95. The molecule has 0 aliphatic heterocycles. The van der Waals surface area contributed by atoms with E-state index in [-0.39, 0.29) is 12.0 Å². The van der Waals surface area contributed by atoms with Crippen LogP contribution < -0.4 is 5.32 Å². The normalized spacial score (nSPS) is 12.2. The highest BCUT2D eigenvalue weighted by Gasteiger charge is 2.10. The average molecular weight is 223 g/mol. The molecule has 0 saturated carbocycles. The number of nitrogens with one attached hydrogen (secondary N) is 1. The fourth-order valence-corrected chi connectivity index (χ4v) is 1.48. The van der Waals surface area contributed by atoms with Gasteiger partial charge in [-0.2, -0.15) is 0 Å². The standard InChI is InChI=1S/C12H17NO3/c1-13-11(8-15-2)9-4-6-10(7-5-9)12(14)16-3/h4-7,11,13H,8H2,1-3H3. The van der Waals surface area contributed by atoms with Crippen molar-refractivity contribution >= 4 is 5.97 Å². The molecule has 0 spiro atoms. The Morgan fingerprint density at radius 3 is 2.38 bits per heavy atom. The number of benzene rings is 1. The minimum Gasteiger partial charge on any atom is -0.465 e. The van der Waals surface area contributed by atoms with E-state index in [0.717, 1.165) is 5.56 Å². The molecule has 0 saturated heterocycles. The van der Waals surface area contributed by atoms with Gasteiger partial charge in [0, 0.05) is 7.11 Å². The molecular formula is C12H17NO3. The smallest absolute Gasteiger partial charge is 0.337 e. The summed E-state index contributed by atoms with van der Waals surface area (Å²) in [7, 11) is 4.91. The lowest BCUT2D eigenvalue weighted by Crippen LogP contribution is -2.21. The third kappa shape index (κ3) is 3.05. The van der Waals surface area contributed by atoms with Crippen LogP contribution in [-0.2, 0) is 9.47 Å². The van der Waals surface area contributed by atoms with E-state index in [1.807, 2.05) is 19.2 Å². The highest BCUT2D eigenvalue weighted by atomic mass is 16.5. The van der Waals surface area contributed by atoms with Crippen LogP contribution in [0.2, 0.25) is 0 Å². The predicted octanol–water partition coefficient (Wildman–Crippen LogP) is 1.38. The maximum atomic E-state index is 11.2. The van der Waals surface area contributed by atoms with Gasteiger partial charge in [-0.15, -0.1) is 0 Å². The molecule has 0 aliphatic rings. The summed E-state index contributed by atoms with van der Waals surface area (Å²) >= 11 is 0. The Morgan fingerprint density at radius 2 is 1.94 bits per heavy atom. The molecule has 0 radical (unpaired) electrons. The van der Waals surface area contributed by atoms with E-state index < -0.39 is 0 Å². The molecule has 0 bridgehead atoms. The number of methoxy groups -OCH3 is 2. The first kappa shape index (κ1) is 12.7. The summed E-state index contributed by atoms with van der Waals surface area (Å²) in [5.74, 6) is -0.320. The summed E-state index contributed by atoms with van der Waals surface area (Å²) in [4.78, 5) is 11.2. The Bertz CT molecular complexity index is 335. The van der Waals surface area contributed by atoms with Crippen LogP contribution in [0, 0.1) is 0 Å². The average Bonchev–Trinajstić information content (AvgIpc) is 2.35. The number of hydrogen-bond donors (Lipinski definition) is 1. The highest BCUT2D eigenvalue weighted by Crippen LogP contribution is 2.14. The highest BCUT2D eigenvalue weighted by molar-refractivity contribution is 5.89. The van der Waals surface area contributed by atoms with E-state index in [9.17, 15) is 4.79 Å². The van der Waals surface area contributed by atoms with Gasteiger partial charge in [0.25, 0.3) is 0 Å². The van der Waals surface area contributed by atoms with Gasteiger partial charge in [-0.25, -0.2) is 4.79 Å². The molecule has 0 amide bonds. The van der Waals surface area contributed by atoms with Gasteiger partial charge >= 0.3 is 5.97 Å². The van der Waals surface area contributed by atoms with Crippen LogP contribution >= 0.6 is 0 Å². The topological polar surface area (TPSA) is 47.6 Å². The number of carbonyl (C=O) groups excluding carboxylic acids is 1. The van der Waals surface area contributed by atoms with Crippen molar-refractivity contribution in [1.29, 1.82) is 0 Å². The molecule has 1 aromatic carbocycles. The van der Waals surface area contributed by atoms with Crippen molar-refractivity contribution in [2.24, 2.45) is 0 Å². The van der Waals surface area contributed by atoms with Gasteiger partial charge in [-0.1, -0.05) is 12.1 Å². The first-order valence-corrected chi connectivity index (χ1v) is 5.07. The monoisotopic (exact) mass is 223 g/mol.